The van der Waals surface area contributed by atoms with Crippen molar-refractivity contribution < 1.29 is 42.9 Å². The van der Waals surface area contributed by atoms with Crippen molar-refractivity contribution in [3.8, 4) is 11.5 Å². The summed E-state index contributed by atoms with van der Waals surface area (Å²) in [4.78, 5) is 22.2. The molecular weight excluding hydrogens is 528 g/mol. The van der Waals surface area contributed by atoms with Crippen molar-refractivity contribution in [2.24, 2.45) is 0 Å². The van der Waals surface area contributed by atoms with Gasteiger partial charge in [0.05, 0.1) is 30.8 Å². The lowest BCUT2D eigenvalue weighted by Crippen LogP contribution is -2.17. The molecule has 1 amide bonds. The molecule has 1 heterocycles. The predicted octanol–water partition coefficient (Wildman–Crippen LogP) is 6.97. The number of nitrogen functional groups attached to an aromatic ring is 1. The first-order valence-electron chi connectivity index (χ1n) is 10.9. The van der Waals surface area contributed by atoms with Crippen LogP contribution in [0.5, 0.6) is 11.5 Å². The molecule has 0 aliphatic rings. The van der Waals surface area contributed by atoms with Gasteiger partial charge in [0.15, 0.2) is 23.1 Å². The second-order valence-electron chi connectivity index (χ2n) is 8.23. The van der Waals surface area contributed by atoms with E-state index in [1.807, 2.05) is 0 Å². The Morgan fingerprint density at radius 2 is 1.68 bits per heavy atom. The average Bonchev–Trinajstić information content (AvgIpc) is 3.05. The Balaban J connectivity index is 2.11. The van der Waals surface area contributed by atoms with Crippen molar-refractivity contribution in [2.75, 3.05) is 24.3 Å². The van der Waals surface area contributed by atoms with Gasteiger partial charge in [-0.3, -0.25) is 9.59 Å². The van der Waals surface area contributed by atoms with Gasteiger partial charge in [-0.1, -0.05) is 19.4 Å². The van der Waals surface area contributed by atoms with Crippen LogP contribution in [-0.4, -0.2) is 29.5 Å². The van der Waals surface area contributed by atoms with E-state index in [2.05, 4.69) is 0 Å². The SMILES string of the molecule is CCOc1cc2cn(CC(=O)c3cc(NC(C)=O)c(S(F)(F)(F)(F)F)cc3C)c(N)c2c(F)c1OCC. The number of ketones is 1. The smallest absolute Gasteiger partial charge is 0.312 e. The van der Waals surface area contributed by atoms with E-state index in [4.69, 9.17) is 15.2 Å². The largest absolute Gasteiger partial charge is 0.490 e. The number of ether oxygens (including phenoxy) is 2. The summed E-state index contributed by atoms with van der Waals surface area (Å²) in [5.41, 5.74) is 4.06. The molecule has 0 bridgehead atoms. The summed E-state index contributed by atoms with van der Waals surface area (Å²) in [6.45, 7) is 5.00. The number of aryl methyl sites for hydroxylation is 1. The van der Waals surface area contributed by atoms with Gasteiger partial charge >= 0.3 is 10.2 Å². The number of rotatable bonds is 9. The first kappa shape index (κ1) is 28.0. The first-order chi connectivity index (χ1) is 16.9. The molecule has 3 aromatic rings. The summed E-state index contributed by atoms with van der Waals surface area (Å²) in [5.74, 6) is -2.92. The molecule has 3 rings (SSSR count). The number of hydrogen-bond donors (Lipinski definition) is 2. The van der Waals surface area contributed by atoms with Crippen LogP contribution in [0.15, 0.2) is 29.3 Å². The summed E-state index contributed by atoms with van der Waals surface area (Å²) in [6, 6.07) is 2.14. The molecule has 0 unspecified atom stereocenters. The molecule has 0 radical (unpaired) electrons. The second-order valence-corrected chi connectivity index (χ2v) is 10.6. The molecule has 0 saturated carbocycles. The molecule has 0 atom stereocenters. The van der Waals surface area contributed by atoms with Crippen LogP contribution in [0.25, 0.3) is 10.8 Å². The van der Waals surface area contributed by atoms with Crippen LogP contribution < -0.4 is 20.5 Å². The summed E-state index contributed by atoms with van der Waals surface area (Å²) in [7, 11) is -10.2. The highest BCUT2D eigenvalue weighted by atomic mass is 32.5. The third-order valence-corrected chi connectivity index (χ3v) is 6.50. The molecule has 204 valence electrons. The molecule has 2 aromatic carbocycles. The number of aromatic nitrogens is 1. The van der Waals surface area contributed by atoms with Gasteiger partial charge < -0.3 is 25.1 Å². The number of nitrogens with one attached hydrogen (secondary N) is 1. The van der Waals surface area contributed by atoms with Gasteiger partial charge in [-0.05, 0) is 44.5 Å². The van der Waals surface area contributed by atoms with Gasteiger partial charge in [-0.15, -0.1) is 0 Å². The standard InChI is InChI=1S/C23H25F6N3O4S/c1-5-35-18-8-14-10-32(23(30)20(14)21(24)22(18)36-6-2)11-17(34)15-9-16(31-13(4)33)19(7-12(15)3)37(25,26,27,28)29/h7-10H,5-6,11,30H2,1-4H3,(H,31,33). The second kappa shape index (κ2) is 8.78. The summed E-state index contributed by atoms with van der Waals surface area (Å²) in [5, 5.41) is 1.92. The van der Waals surface area contributed by atoms with Crippen LogP contribution >= 0.6 is 10.2 Å². The number of amides is 1. The van der Waals surface area contributed by atoms with Gasteiger partial charge in [0.2, 0.25) is 5.91 Å². The zero-order valence-electron chi connectivity index (χ0n) is 20.3. The lowest BCUT2D eigenvalue weighted by Gasteiger charge is -2.42. The Hall–Kier alpha value is -3.55. The van der Waals surface area contributed by atoms with E-state index in [1.54, 1.807) is 19.2 Å². The van der Waals surface area contributed by atoms with Crippen LogP contribution in [0.1, 0.15) is 36.7 Å². The first-order valence-corrected chi connectivity index (χ1v) is 12.9. The number of carbonyl (C=O) groups is 2. The van der Waals surface area contributed by atoms with E-state index in [0.717, 1.165) is 18.4 Å². The number of hydrogen-bond acceptors (Lipinski definition) is 5. The van der Waals surface area contributed by atoms with E-state index >= 15 is 4.39 Å². The molecule has 37 heavy (non-hydrogen) atoms. The van der Waals surface area contributed by atoms with E-state index in [0.29, 0.717) is 6.07 Å². The van der Waals surface area contributed by atoms with E-state index in [9.17, 15) is 29.0 Å². The number of halogens is 6. The fraction of sp³-hybridized carbons (Fsp3) is 0.304. The third kappa shape index (κ3) is 5.73. The predicted molar refractivity (Wildman–Crippen MR) is 130 cm³/mol. The van der Waals surface area contributed by atoms with E-state index < -0.39 is 50.4 Å². The van der Waals surface area contributed by atoms with Crippen molar-refractivity contribution in [1.82, 2.24) is 4.57 Å². The third-order valence-electron chi connectivity index (χ3n) is 5.33. The normalized spacial score (nSPS) is 13.7. The van der Waals surface area contributed by atoms with Gasteiger partial charge in [-0.2, -0.15) is 0 Å². The number of carbonyl (C=O) groups excluding carboxylic acids is 2. The molecule has 14 heteroatoms. The number of Topliss-reactive ketones (excluding diaryl/α,β-unsaturated/α-hetero) is 1. The summed E-state index contributed by atoms with van der Waals surface area (Å²) >= 11 is 0. The minimum atomic E-state index is -10.2. The monoisotopic (exact) mass is 553 g/mol. The maximum absolute atomic E-state index is 15.2. The molecular formula is C23H25F6N3O4S. The molecule has 0 fully saturated rings. The van der Waals surface area contributed by atoms with Crippen LogP contribution in [0.3, 0.4) is 0 Å². The highest BCUT2D eigenvalue weighted by Gasteiger charge is 2.67. The Kier molecular flexibility index (Phi) is 6.65. The number of fused-ring (bicyclic) bond motifs is 1. The van der Waals surface area contributed by atoms with Gasteiger partial charge in [0.25, 0.3) is 0 Å². The maximum atomic E-state index is 15.2. The van der Waals surface area contributed by atoms with Crippen LogP contribution in [0, 0.1) is 12.7 Å². The lowest BCUT2D eigenvalue weighted by molar-refractivity contribution is -0.114. The Bertz CT molecular complexity index is 1420. The van der Waals surface area contributed by atoms with E-state index in [1.165, 1.54) is 12.3 Å². The minimum Gasteiger partial charge on any atom is -0.490 e. The highest BCUT2D eigenvalue weighted by Crippen LogP contribution is 3.02. The van der Waals surface area contributed by atoms with Crippen molar-refractivity contribution in [3.63, 3.8) is 0 Å². The number of anilines is 2. The van der Waals surface area contributed by atoms with Gasteiger partial charge in [0, 0.05) is 24.1 Å². The van der Waals surface area contributed by atoms with Gasteiger partial charge in [-0.25, -0.2) is 4.39 Å². The molecule has 0 aliphatic heterocycles. The lowest BCUT2D eigenvalue weighted by atomic mass is 10.0. The molecule has 1 aromatic heterocycles. The highest BCUT2D eigenvalue weighted by molar-refractivity contribution is 8.45. The van der Waals surface area contributed by atoms with Crippen molar-refractivity contribution >= 4 is 44.2 Å². The molecule has 3 N–H and O–H groups in total. The quantitative estimate of drug-likeness (QED) is 0.221. The summed E-state index contributed by atoms with van der Waals surface area (Å²) in [6.07, 6.45) is 1.34. The molecule has 7 nitrogen and oxygen atoms in total. The van der Waals surface area contributed by atoms with Crippen LogP contribution in [0.4, 0.5) is 35.3 Å². The van der Waals surface area contributed by atoms with Crippen LogP contribution in [0.2, 0.25) is 0 Å². The number of nitrogens with zero attached hydrogens (tertiary/aromatic N) is 1. The minimum absolute atomic E-state index is 0.0633. The molecule has 0 spiro atoms. The number of benzene rings is 2. The Labute approximate surface area is 208 Å². The topological polar surface area (TPSA) is 95.6 Å². The van der Waals surface area contributed by atoms with Gasteiger partial charge in [0.1, 0.15) is 10.7 Å². The average molecular weight is 554 g/mol. The van der Waals surface area contributed by atoms with Crippen molar-refractivity contribution in [3.05, 3.63) is 41.3 Å². The summed E-state index contributed by atoms with van der Waals surface area (Å²) < 4.78 is 95.1. The van der Waals surface area contributed by atoms with Crippen molar-refractivity contribution in [1.29, 1.82) is 0 Å². The fourth-order valence-corrected chi connectivity index (χ4v) is 4.80. The fourth-order valence-electron chi connectivity index (χ4n) is 3.87. The Morgan fingerprint density at radius 1 is 1.05 bits per heavy atom. The zero-order chi connectivity index (χ0) is 28.0. The maximum Gasteiger partial charge on any atom is 0.312 e. The Morgan fingerprint density at radius 3 is 2.22 bits per heavy atom. The molecule has 0 saturated heterocycles. The zero-order valence-corrected chi connectivity index (χ0v) is 21.1. The number of nitrogens with two attached hydrogens (primary N) is 1. The van der Waals surface area contributed by atoms with Crippen molar-refractivity contribution in [2.45, 2.75) is 39.1 Å². The van der Waals surface area contributed by atoms with E-state index in [-0.39, 0.29) is 52.9 Å². The molecule has 0 aliphatic carbocycles. The van der Waals surface area contributed by atoms with Crippen LogP contribution in [-0.2, 0) is 11.3 Å².